The largest absolute Gasteiger partial charge is 0.508 e. The molecule has 5 aromatic carbocycles. The standard InChI is InChI=1S/C12H8N2O2.2C6H8N2.C6H4O4.C6H6O2.H2O4S.2O3S.H2O.2H2/c15-11-5-9-10(6-12(11)16)14-8-4-2-1-3-7(8)13-9;2*7-5-3-1-2-4-6(5)8;7-3-1-4(8)6(10)2-5(3)9;7-5-1-2-6(8)4-3-5;1-5(2,3)4;2*1-4(2)3;;;/h1-6,15-16H;2*1-4H,7-8H2;1-2,7,10H;1-4,7-8H;(H2,1,2,3,4);;;1H2;2*1H/i;;;;;;;;;1+1;/hD. The first-order chi connectivity index (χ1) is 29.8. The predicted molar refractivity (Wildman–Crippen MR) is 234 cm³/mol. The van der Waals surface area contributed by atoms with E-state index < -0.39 is 54.7 Å². The molecule has 0 saturated heterocycles. The van der Waals surface area contributed by atoms with Crippen LogP contribution in [0, 0.1) is 0 Å². The Hall–Kier alpha value is -8.41. The number of carbonyl (C=O) groups excluding carboxylic acids is 2. The zero-order valence-corrected chi connectivity index (χ0v) is 34.5. The third-order valence-electron chi connectivity index (χ3n) is 6.32. The fourth-order valence-electron chi connectivity index (χ4n) is 3.66. The van der Waals surface area contributed by atoms with Gasteiger partial charge >= 0.3 is 31.6 Å². The SMILES string of the molecule is Nc1ccccc1N.Nc1ccccc1N.O.O=C1C=C(O)C(=O)C=C1O.O=S(=O)=O.O=S(=O)=O.Oc1cc2nc3ccccc3nc2cc1O.Oc1ccc(O)cc1.[2HH].[2H]OS(=O)(=O)O.[HH]. The summed E-state index contributed by atoms with van der Waals surface area (Å²) in [5, 5.41) is 53.2. The zero-order valence-electron chi connectivity index (χ0n) is 33.1. The Morgan fingerprint density at radius 3 is 0.969 bits per heavy atom. The Balaban J connectivity index is -0.000000350. The van der Waals surface area contributed by atoms with E-state index in [1.165, 1.54) is 36.4 Å². The van der Waals surface area contributed by atoms with Gasteiger partial charge in [-0.3, -0.25) is 18.7 Å². The van der Waals surface area contributed by atoms with Crippen LogP contribution in [0.3, 0.4) is 0 Å². The van der Waals surface area contributed by atoms with Gasteiger partial charge in [0, 0.05) is 27.1 Å². The van der Waals surface area contributed by atoms with E-state index in [1.807, 2.05) is 48.5 Å². The molecular weight excluding hydrogens is 917 g/mol. The summed E-state index contributed by atoms with van der Waals surface area (Å²) in [6.07, 6.45) is 1.36. The van der Waals surface area contributed by atoms with E-state index in [0.29, 0.717) is 45.9 Å². The number of rotatable bonds is 1. The number of phenolic OH excluding ortho intramolecular Hbond substituents is 4. The van der Waals surface area contributed by atoms with E-state index in [0.717, 1.165) is 11.0 Å². The molecule has 1 aromatic heterocycles. The smallest absolute Gasteiger partial charge is 0.425 e. The minimum atomic E-state index is -4.50. The molecule has 0 amide bonds. The van der Waals surface area contributed by atoms with E-state index in [2.05, 4.69) is 14.5 Å². The second-order valence-electron chi connectivity index (χ2n) is 10.9. The quantitative estimate of drug-likeness (QED) is 0.0280. The molecule has 6 aromatic rings. The molecule has 18 N–H and O–H groups in total. The van der Waals surface area contributed by atoms with Crippen molar-refractivity contribution in [1.82, 2.24) is 9.97 Å². The normalized spacial score (nSPS) is 10.9. The van der Waals surface area contributed by atoms with Crippen molar-refractivity contribution in [1.29, 1.82) is 1.43 Å². The van der Waals surface area contributed by atoms with E-state index in [1.54, 1.807) is 24.3 Å². The Morgan fingerprint density at radius 1 is 0.516 bits per heavy atom. The number of nitrogens with two attached hydrogens (primary N) is 4. The summed E-state index contributed by atoms with van der Waals surface area (Å²) < 4.78 is 84.6. The maximum Gasteiger partial charge on any atom is 0.425 e. The molecule has 0 unspecified atom stereocenters. The van der Waals surface area contributed by atoms with Gasteiger partial charge in [-0.1, -0.05) is 36.4 Å². The van der Waals surface area contributed by atoms with Crippen LogP contribution in [-0.4, -0.2) is 100 Å². The highest BCUT2D eigenvalue weighted by Crippen LogP contribution is 2.29. The number of aromatic nitrogens is 2. The highest BCUT2D eigenvalue weighted by atomic mass is 32.3. The van der Waals surface area contributed by atoms with Gasteiger partial charge in [0.15, 0.2) is 23.0 Å². The van der Waals surface area contributed by atoms with E-state index in [9.17, 15) is 19.8 Å². The molecule has 0 fully saturated rings. The third kappa shape index (κ3) is 26.6. The third-order valence-corrected chi connectivity index (χ3v) is 6.32. The summed E-state index contributed by atoms with van der Waals surface area (Å²) >= 11 is 0. The number of nitrogens with zero attached hydrogens (tertiary/aromatic N) is 2. The van der Waals surface area contributed by atoms with Gasteiger partial charge in [0.2, 0.25) is 13.0 Å². The van der Waals surface area contributed by atoms with Crippen molar-refractivity contribution in [2.75, 3.05) is 22.9 Å². The van der Waals surface area contributed by atoms with Gasteiger partial charge in [-0.2, -0.15) is 8.42 Å². The van der Waals surface area contributed by atoms with Crippen LogP contribution in [-0.2, 0) is 41.2 Å². The lowest BCUT2D eigenvalue weighted by molar-refractivity contribution is -0.118. The first-order valence-electron chi connectivity index (χ1n) is 16.5. The molecule has 1 heterocycles. The number of ketones is 2. The summed E-state index contributed by atoms with van der Waals surface area (Å²) in [4.78, 5) is 29.6. The van der Waals surface area contributed by atoms with Crippen molar-refractivity contribution in [2.45, 2.75) is 0 Å². The minimum absolute atomic E-state index is 0. The number of aliphatic hydroxyl groups excluding tert-OH is 2. The number of aromatic hydroxyl groups is 4. The molecule has 0 aliphatic heterocycles. The molecule has 1 aliphatic carbocycles. The number of fused-ring (bicyclic) bond motifs is 2. The maximum atomic E-state index is 10.4. The highest BCUT2D eigenvalue weighted by molar-refractivity contribution is 7.79. The fourth-order valence-corrected chi connectivity index (χ4v) is 3.66. The number of phenols is 4. The van der Waals surface area contributed by atoms with Crippen LogP contribution in [0.25, 0.3) is 23.5 Å². The molecular formula is C36H42N6O19S3. The number of carbonyl (C=O) groups is 2. The van der Waals surface area contributed by atoms with Gasteiger partial charge in [0.25, 0.3) is 0 Å². The van der Waals surface area contributed by atoms with Crippen molar-refractivity contribution < 1.29 is 91.3 Å². The van der Waals surface area contributed by atoms with Gasteiger partial charge in [0.05, 0.1) is 44.8 Å². The molecule has 348 valence electrons. The van der Waals surface area contributed by atoms with Crippen LogP contribution >= 0.6 is 0 Å². The number of hydrogen-bond donors (Lipinski definition) is 12. The van der Waals surface area contributed by atoms with Crippen molar-refractivity contribution in [2.24, 2.45) is 0 Å². The van der Waals surface area contributed by atoms with Gasteiger partial charge in [-0.25, -0.2) is 9.97 Å². The first kappa shape index (κ1) is 55.6. The molecule has 28 heteroatoms. The van der Waals surface area contributed by atoms with Crippen molar-refractivity contribution in [3.8, 4) is 23.0 Å². The van der Waals surface area contributed by atoms with Crippen LogP contribution in [0.5, 0.6) is 23.0 Å². The van der Waals surface area contributed by atoms with Crippen LogP contribution in [0.4, 0.5) is 22.7 Å². The lowest BCUT2D eigenvalue weighted by Gasteiger charge is -2.02. The number of allylic oxidation sites excluding steroid dienone is 2. The maximum absolute atomic E-state index is 10.4. The van der Waals surface area contributed by atoms with Gasteiger partial charge in [-0.05, 0) is 60.7 Å². The average molecular weight is 961 g/mol. The lowest BCUT2D eigenvalue weighted by Crippen LogP contribution is -2.12. The Kier molecular flexibility index (Phi) is 25.1. The van der Waals surface area contributed by atoms with Crippen molar-refractivity contribution >= 4 is 88.0 Å². The Morgan fingerprint density at radius 2 is 0.750 bits per heavy atom. The fraction of sp³-hybridized carbons (Fsp3) is 0. The number of benzene rings is 5. The minimum Gasteiger partial charge on any atom is -0.508 e. The van der Waals surface area contributed by atoms with Crippen LogP contribution < -0.4 is 22.9 Å². The molecule has 0 spiro atoms. The van der Waals surface area contributed by atoms with E-state index in [4.69, 9.17) is 83.0 Å². The summed E-state index contributed by atoms with van der Waals surface area (Å²) in [6, 6.07) is 30.5. The van der Waals surface area contributed by atoms with Gasteiger partial charge in [0.1, 0.15) is 11.5 Å². The Bertz CT molecular complexity index is 2700. The molecule has 0 atom stereocenters. The number of nitrogen functional groups attached to an aromatic ring is 4. The van der Waals surface area contributed by atoms with Crippen LogP contribution in [0.2, 0.25) is 0 Å². The van der Waals surface area contributed by atoms with Crippen molar-refractivity contribution in [3.63, 3.8) is 0 Å². The van der Waals surface area contributed by atoms with Crippen molar-refractivity contribution in [3.05, 3.63) is 133 Å². The number of aliphatic hydroxyl groups is 2. The molecule has 0 bridgehead atoms. The van der Waals surface area contributed by atoms with Gasteiger partial charge in [-0.15, -0.1) is 25.3 Å². The molecule has 1 aliphatic rings. The number of para-hydroxylation sites is 6. The summed E-state index contributed by atoms with van der Waals surface area (Å²) in [6.45, 7) is 0. The van der Waals surface area contributed by atoms with Crippen LogP contribution in [0.1, 0.15) is 2.85 Å². The number of hydrogen-bond acceptors (Lipinski definition) is 23. The summed E-state index contributed by atoms with van der Waals surface area (Å²) in [5.74, 6) is -2.81. The Labute approximate surface area is 368 Å². The second-order valence-corrected chi connectivity index (χ2v) is 12.6. The zero-order chi connectivity index (χ0) is 49.2. The topological polar surface area (TPSA) is 494 Å². The van der Waals surface area contributed by atoms with Gasteiger partial charge < -0.3 is 59.1 Å². The summed E-state index contributed by atoms with van der Waals surface area (Å²) in [7, 11) is -10.7. The molecule has 25 nitrogen and oxygen atoms in total. The molecule has 64 heavy (non-hydrogen) atoms. The molecule has 0 radical (unpaired) electrons. The summed E-state index contributed by atoms with van der Waals surface area (Å²) in [5.41, 5.74) is 26.8. The lowest BCUT2D eigenvalue weighted by atomic mass is 10.1. The number of anilines is 4. The molecule has 7 rings (SSSR count). The first-order valence-corrected chi connectivity index (χ1v) is 19.5. The molecule has 0 saturated carbocycles. The highest BCUT2D eigenvalue weighted by Gasteiger charge is 2.18. The monoisotopic (exact) mass is 960 g/mol. The van der Waals surface area contributed by atoms with E-state index >= 15 is 0 Å². The predicted octanol–water partition coefficient (Wildman–Crippen LogP) is 2.02. The average Bonchev–Trinajstić information content (AvgIpc) is 3.21. The second kappa shape index (κ2) is 28.9. The van der Waals surface area contributed by atoms with E-state index in [-0.39, 0.29) is 31.3 Å². The van der Waals surface area contributed by atoms with Crippen LogP contribution in [0.15, 0.2) is 133 Å².